The average molecular weight is 257 g/mol. The highest BCUT2D eigenvalue weighted by molar-refractivity contribution is 7.89. The van der Waals surface area contributed by atoms with Crippen LogP contribution < -0.4 is 10.5 Å². The summed E-state index contributed by atoms with van der Waals surface area (Å²) in [7, 11) is -3.54. The summed E-state index contributed by atoms with van der Waals surface area (Å²) < 4.78 is 26.0. The molecule has 0 saturated carbocycles. The fraction of sp³-hybridized carbons (Fsp3) is 0.300. The summed E-state index contributed by atoms with van der Waals surface area (Å²) in [5.74, 6) is -0.390. The van der Waals surface area contributed by atoms with Crippen LogP contribution in [0.1, 0.15) is 6.92 Å². The van der Waals surface area contributed by atoms with E-state index in [1.165, 1.54) is 12.1 Å². The Kier molecular flexibility index (Phi) is 4.47. The van der Waals surface area contributed by atoms with Crippen molar-refractivity contribution in [2.24, 2.45) is 16.8 Å². The van der Waals surface area contributed by atoms with Crippen molar-refractivity contribution in [3.05, 3.63) is 30.3 Å². The molecule has 1 aromatic carbocycles. The molecule has 0 fully saturated rings. The quantitative estimate of drug-likeness (QED) is 0.306. The second-order valence-electron chi connectivity index (χ2n) is 3.59. The van der Waals surface area contributed by atoms with Gasteiger partial charge in [0.25, 0.3) is 0 Å². The Balaban J connectivity index is 2.70. The highest BCUT2D eigenvalue weighted by atomic mass is 32.2. The van der Waals surface area contributed by atoms with Crippen molar-refractivity contribution in [2.75, 3.05) is 6.54 Å². The van der Waals surface area contributed by atoms with E-state index >= 15 is 0 Å². The van der Waals surface area contributed by atoms with Gasteiger partial charge in [-0.2, -0.15) is 0 Å². The zero-order valence-electron chi connectivity index (χ0n) is 9.37. The van der Waals surface area contributed by atoms with Gasteiger partial charge < -0.3 is 10.9 Å². The normalized spacial score (nSPS) is 14.5. The summed E-state index contributed by atoms with van der Waals surface area (Å²) >= 11 is 0. The summed E-state index contributed by atoms with van der Waals surface area (Å²) in [4.78, 5) is 0.187. The first-order chi connectivity index (χ1) is 7.97. The van der Waals surface area contributed by atoms with Crippen LogP contribution in [0.25, 0.3) is 0 Å². The summed E-state index contributed by atoms with van der Waals surface area (Å²) in [6.07, 6.45) is 0. The van der Waals surface area contributed by atoms with E-state index in [-0.39, 0.29) is 23.2 Å². The zero-order chi connectivity index (χ0) is 12.9. The van der Waals surface area contributed by atoms with Crippen molar-refractivity contribution < 1.29 is 13.6 Å². The topological polar surface area (TPSA) is 105 Å². The van der Waals surface area contributed by atoms with Gasteiger partial charge in [0.1, 0.15) is 5.84 Å². The second kappa shape index (κ2) is 5.65. The first kappa shape index (κ1) is 13.5. The Morgan fingerprint density at radius 1 is 1.47 bits per heavy atom. The van der Waals surface area contributed by atoms with Crippen molar-refractivity contribution in [3.63, 3.8) is 0 Å². The summed E-state index contributed by atoms with van der Waals surface area (Å²) in [5, 5.41) is 11.3. The maximum Gasteiger partial charge on any atom is 0.240 e. The van der Waals surface area contributed by atoms with Crippen molar-refractivity contribution in [2.45, 2.75) is 11.8 Å². The first-order valence-electron chi connectivity index (χ1n) is 4.99. The van der Waals surface area contributed by atoms with Gasteiger partial charge in [-0.25, -0.2) is 13.1 Å². The molecule has 0 aliphatic rings. The average Bonchev–Trinajstić information content (AvgIpc) is 2.36. The number of benzene rings is 1. The van der Waals surface area contributed by atoms with E-state index in [0.717, 1.165) is 0 Å². The molecule has 1 aromatic rings. The molecule has 1 unspecified atom stereocenters. The second-order valence-corrected chi connectivity index (χ2v) is 5.36. The largest absolute Gasteiger partial charge is 0.409 e. The van der Waals surface area contributed by atoms with Gasteiger partial charge in [0, 0.05) is 12.5 Å². The van der Waals surface area contributed by atoms with Crippen molar-refractivity contribution >= 4 is 15.9 Å². The molecule has 6 nitrogen and oxygen atoms in total. The lowest BCUT2D eigenvalue weighted by atomic mass is 10.2. The van der Waals surface area contributed by atoms with E-state index in [1.54, 1.807) is 25.1 Å². The van der Waals surface area contributed by atoms with Gasteiger partial charge in [-0.1, -0.05) is 30.3 Å². The number of hydrogen-bond acceptors (Lipinski definition) is 4. The van der Waals surface area contributed by atoms with E-state index < -0.39 is 10.0 Å². The molecular formula is C10H15N3O3S. The Morgan fingerprint density at radius 2 is 2.06 bits per heavy atom. The number of nitrogens with zero attached hydrogens (tertiary/aromatic N) is 1. The molecule has 0 aromatic heterocycles. The van der Waals surface area contributed by atoms with Crippen LogP contribution in [0.4, 0.5) is 0 Å². The van der Waals surface area contributed by atoms with Gasteiger partial charge in [-0.3, -0.25) is 0 Å². The minimum Gasteiger partial charge on any atom is -0.409 e. The lowest BCUT2D eigenvalue weighted by Gasteiger charge is -2.11. The fourth-order valence-corrected chi connectivity index (χ4v) is 2.27. The third-order valence-corrected chi connectivity index (χ3v) is 3.69. The molecule has 1 rings (SSSR count). The summed E-state index contributed by atoms with van der Waals surface area (Å²) in [6, 6.07) is 8.01. The Morgan fingerprint density at radius 3 is 2.59 bits per heavy atom. The first-order valence-corrected chi connectivity index (χ1v) is 6.48. The van der Waals surface area contributed by atoms with Crippen LogP contribution in [0, 0.1) is 5.92 Å². The molecule has 0 spiro atoms. The lowest BCUT2D eigenvalue weighted by molar-refractivity contribution is 0.314. The van der Waals surface area contributed by atoms with Gasteiger partial charge >= 0.3 is 0 Å². The van der Waals surface area contributed by atoms with E-state index in [4.69, 9.17) is 10.9 Å². The molecule has 0 aliphatic carbocycles. The molecule has 1 atom stereocenters. The van der Waals surface area contributed by atoms with Crippen molar-refractivity contribution in [1.29, 1.82) is 0 Å². The number of nitrogens with two attached hydrogens (primary N) is 1. The van der Waals surface area contributed by atoms with Crippen LogP contribution in [0.3, 0.4) is 0 Å². The summed E-state index contributed by atoms with van der Waals surface area (Å²) in [6.45, 7) is 1.73. The molecule has 0 saturated heterocycles. The van der Waals surface area contributed by atoms with Crippen LogP contribution in [0.15, 0.2) is 40.4 Å². The van der Waals surface area contributed by atoms with E-state index in [2.05, 4.69) is 9.88 Å². The predicted octanol–water partition coefficient (Wildman–Crippen LogP) is 0.347. The monoisotopic (exact) mass is 257 g/mol. The van der Waals surface area contributed by atoms with E-state index in [1.807, 2.05) is 0 Å². The smallest absolute Gasteiger partial charge is 0.240 e. The van der Waals surface area contributed by atoms with Gasteiger partial charge in [0.15, 0.2) is 0 Å². The van der Waals surface area contributed by atoms with Crippen LogP contribution in [-0.4, -0.2) is 26.0 Å². The molecule has 17 heavy (non-hydrogen) atoms. The highest BCUT2D eigenvalue weighted by Crippen LogP contribution is 2.07. The maximum absolute atomic E-state index is 11.8. The predicted molar refractivity (Wildman–Crippen MR) is 64.2 cm³/mol. The minimum atomic E-state index is -3.54. The van der Waals surface area contributed by atoms with Crippen LogP contribution in [-0.2, 0) is 10.0 Å². The number of hydrogen-bond donors (Lipinski definition) is 3. The maximum atomic E-state index is 11.8. The van der Waals surface area contributed by atoms with Crippen LogP contribution >= 0.6 is 0 Å². The molecule has 0 amide bonds. The molecule has 0 aliphatic heterocycles. The number of amidine groups is 1. The highest BCUT2D eigenvalue weighted by Gasteiger charge is 2.16. The lowest BCUT2D eigenvalue weighted by Crippen LogP contribution is -2.34. The van der Waals surface area contributed by atoms with Crippen LogP contribution in [0.2, 0.25) is 0 Å². The summed E-state index contributed by atoms with van der Waals surface area (Å²) in [5.41, 5.74) is 5.35. The van der Waals surface area contributed by atoms with Gasteiger partial charge in [-0.05, 0) is 12.1 Å². The van der Waals surface area contributed by atoms with Crippen molar-refractivity contribution in [3.8, 4) is 0 Å². The Labute approximate surface area is 100 Å². The SMILES string of the molecule is CC(CNS(=O)(=O)c1ccccc1)C(N)=NO. The molecule has 4 N–H and O–H groups in total. The number of rotatable bonds is 5. The zero-order valence-corrected chi connectivity index (χ0v) is 10.2. The third kappa shape index (κ3) is 3.72. The minimum absolute atomic E-state index is 0.0132. The molecular weight excluding hydrogens is 242 g/mol. The molecule has 7 heteroatoms. The molecule has 0 bridgehead atoms. The standard InChI is InChI=1S/C10H15N3O3S/c1-8(10(11)13-14)7-12-17(15,16)9-5-3-2-4-6-9/h2-6,8,12,14H,7H2,1H3,(H2,11,13). The number of sulfonamides is 1. The van der Waals surface area contributed by atoms with Gasteiger partial charge in [0.2, 0.25) is 10.0 Å². The molecule has 0 heterocycles. The van der Waals surface area contributed by atoms with Gasteiger partial charge in [0.05, 0.1) is 4.90 Å². The number of nitrogens with one attached hydrogen (secondary N) is 1. The fourth-order valence-electron chi connectivity index (χ4n) is 1.12. The van der Waals surface area contributed by atoms with Gasteiger partial charge in [-0.15, -0.1) is 0 Å². The Bertz CT molecular complexity index is 485. The number of oxime groups is 1. The third-order valence-electron chi connectivity index (χ3n) is 2.25. The van der Waals surface area contributed by atoms with Crippen LogP contribution in [0.5, 0.6) is 0 Å². The Hall–Kier alpha value is -1.60. The van der Waals surface area contributed by atoms with E-state index in [9.17, 15) is 8.42 Å². The van der Waals surface area contributed by atoms with E-state index in [0.29, 0.717) is 0 Å². The van der Waals surface area contributed by atoms with Crippen molar-refractivity contribution in [1.82, 2.24) is 4.72 Å². The molecule has 94 valence electrons. The molecule has 0 radical (unpaired) electrons.